The fourth-order valence-corrected chi connectivity index (χ4v) is 3.77. The van der Waals surface area contributed by atoms with Crippen LogP contribution in [-0.2, 0) is 16.4 Å². The molecule has 2 N–H and O–H groups in total. The Morgan fingerprint density at radius 2 is 1.62 bits per heavy atom. The van der Waals surface area contributed by atoms with Crippen LogP contribution in [0.5, 0.6) is 0 Å². The fraction of sp³-hybridized carbons (Fsp3) is 0.250. The SMILES string of the molecule is CCN(CCc1ccccc1)S(=O)(=O)c1ccccc1N. The molecule has 0 unspecified atom stereocenters. The lowest BCUT2D eigenvalue weighted by molar-refractivity contribution is 0.431. The van der Waals surface area contributed by atoms with Gasteiger partial charge in [0, 0.05) is 13.1 Å². The van der Waals surface area contributed by atoms with Crippen molar-refractivity contribution in [1.82, 2.24) is 4.31 Å². The van der Waals surface area contributed by atoms with E-state index in [4.69, 9.17) is 5.73 Å². The highest BCUT2D eigenvalue weighted by atomic mass is 32.2. The average molecular weight is 304 g/mol. The minimum absolute atomic E-state index is 0.180. The number of likely N-dealkylation sites (N-methyl/N-ethyl adjacent to an activating group) is 1. The van der Waals surface area contributed by atoms with Crippen LogP contribution in [0.2, 0.25) is 0 Å². The number of anilines is 1. The molecule has 0 aliphatic rings. The quantitative estimate of drug-likeness (QED) is 0.834. The van der Waals surface area contributed by atoms with Crippen molar-refractivity contribution < 1.29 is 8.42 Å². The first-order chi connectivity index (χ1) is 10.1. The molecule has 2 rings (SSSR count). The van der Waals surface area contributed by atoms with Gasteiger partial charge in [0.2, 0.25) is 10.0 Å². The lowest BCUT2D eigenvalue weighted by Crippen LogP contribution is -2.33. The molecule has 0 heterocycles. The molecule has 0 aromatic heterocycles. The predicted molar refractivity (Wildman–Crippen MR) is 85.4 cm³/mol. The highest BCUT2D eigenvalue weighted by molar-refractivity contribution is 7.89. The van der Waals surface area contributed by atoms with Gasteiger partial charge in [0.05, 0.1) is 5.69 Å². The van der Waals surface area contributed by atoms with Crippen LogP contribution < -0.4 is 5.73 Å². The fourth-order valence-electron chi connectivity index (χ4n) is 2.20. The Morgan fingerprint density at radius 3 is 2.24 bits per heavy atom. The number of rotatable bonds is 6. The summed E-state index contributed by atoms with van der Waals surface area (Å²) < 4.78 is 26.8. The second-order valence-corrected chi connectivity index (χ2v) is 6.68. The first kappa shape index (κ1) is 15.5. The van der Waals surface area contributed by atoms with Crippen LogP contribution in [0.1, 0.15) is 12.5 Å². The van der Waals surface area contributed by atoms with Gasteiger partial charge in [-0.1, -0.05) is 49.4 Å². The molecule has 112 valence electrons. The van der Waals surface area contributed by atoms with Crippen LogP contribution in [0.4, 0.5) is 5.69 Å². The normalized spacial score (nSPS) is 11.7. The largest absolute Gasteiger partial charge is 0.398 e. The Kier molecular flexibility index (Phi) is 4.98. The zero-order chi connectivity index (χ0) is 15.3. The second-order valence-electron chi connectivity index (χ2n) is 4.77. The standard InChI is InChI=1S/C16H20N2O2S/c1-2-18(13-12-14-8-4-3-5-9-14)21(19,20)16-11-7-6-10-15(16)17/h3-11H,2,12-13,17H2,1H3. The Bertz CT molecular complexity index is 684. The van der Waals surface area contributed by atoms with E-state index in [-0.39, 0.29) is 10.6 Å². The van der Waals surface area contributed by atoms with Gasteiger partial charge in [-0.05, 0) is 24.1 Å². The molecule has 21 heavy (non-hydrogen) atoms. The van der Waals surface area contributed by atoms with Crippen molar-refractivity contribution in [3.8, 4) is 0 Å². The van der Waals surface area contributed by atoms with Crippen molar-refractivity contribution in [2.24, 2.45) is 0 Å². The molecular formula is C16H20N2O2S. The van der Waals surface area contributed by atoms with Crippen LogP contribution in [0, 0.1) is 0 Å². The van der Waals surface area contributed by atoms with Crippen molar-refractivity contribution in [3.63, 3.8) is 0 Å². The summed E-state index contributed by atoms with van der Waals surface area (Å²) in [6.07, 6.45) is 0.681. The van der Waals surface area contributed by atoms with Crippen molar-refractivity contribution in [3.05, 3.63) is 60.2 Å². The summed E-state index contributed by atoms with van der Waals surface area (Å²) in [7, 11) is -3.54. The van der Waals surface area contributed by atoms with Crippen LogP contribution in [0.25, 0.3) is 0 Å². The summed E-state index contributed by atoms with van der Waals surface area (Å²) in [5.41, 5.74) is 7.21. The van der Waals surface area contributed by atoms with E-state index in [0.29, 0.717) is 19.5 Å². The summed E-state index contributed by atoms with van der Waals surface area (Å²) in [6, 6.07) is 16.4. The van der Waals surface area contributed by atoms with Crippen molar-refractivity contribution in [2.45, 2.75) is 18.2 Å². The van der Waals surface area contributed by atoms with E-state index >= 15 is 0 Å². The van der Waals surface area contributed by atoms with E-state index < -0.39 is 10.0 Å². The minimum atomic E-state index is -3.54. The molecule has 0 amide bonds. The second kappa shape index (κ2) is 6.74. The van der Waals surface area contributed by atoms with Gasteiger partial charge in [-0.3, -0.25) is 0 Å². The summed E-state index contributed by atoms with van der Waals surface area (Å²) in [4.78, 5) is 0.180. The molecule has 0 radical (unpaired) electrons. The number of benzene rings is 2. The van der Waals surface area contributed by atoms with E-state index in [9.17, 15) is 8.42 Å². The van der Waals surface area contributed by atoms with E-state index in [2.05, 4.69) is 0 Å². The van der Waals surface area contributed by atoms with Crippen LogP contribution >= 0.6 is 0 Å². The summed E-state index contributed by atoms with van der Waals surface area (Å²) in [5, 5.41) is 0. The van der Waals surface area contributed by atoms with Gasteiger partial charge in [-0.25, -0.2) is 8.42 Å². The minimum Gasteiger partial charge on any atom is -0.398 e. The van der Waals surface area contributed by atoms with Crippen LogP contribution in [0.3, 0.4) is 0 Å². The van der Waals surface area contributed by atoms with Gasteiger partial charge in [-0.15, -0.1) is 0 Å². The number of sulfonamides is 1. The molecule has 0 spiro atoms. The number of para-hydroxylation sites is 1. The number of nitrogens with two attached hydrogens (primary N) is 1. The molecular weight excluding hydrogens is 284 g/mol. The van der Waals surface area contributed by atoms with Gasteiger partial charge in [0.15, 0.2) is 0 Å². The Labute approximate surface area is 126 Å². The molecule has 0 saturated heterocycles. The summed E-state index contributed by atoms with van der Waals surface area (Å²) in [5.74, 6) is 0. The topological polar surface area (TPSA) is 63.4 Å². The van der Waals surface area contributed by atoms with Gasteiger partial charge >= 0.3 is 0 Å². The number of hydrogen-bond acceptors (Lipinski definition) is 3. The van der Waals surface area contributed by atoms with E-state index in [1.165, 1.54) is 4.31 Å². The molecule has 2 aromatic carbocycles. The molecule has 0 saturated carbocycles. The predicted octanol–water partition coefficient (Wildman–Crippen LogP) is 2.52. The van der Waals surface area contributed by atoms with Gasteiger partial charge in [0.1, 0.15) is 4.90 Å². The summed E-state index contributed by atoms with van der Waals surface area (Å²) in [6.45, 7) is 2.70. The number of nitrogen functional groups attached to an aromatic ring is 1. The smallest absolute Gasteiger partial charge is 0.245 e. The lowest BCUT2D eigenvalue weighted by atomic mass is 10.1. The average Bonchev–Trinajstić information content (AvgIpc) is 2.49. The highest BCUT2D eigenvalue weighted by Crippen LogP contribution is 2.22. The lowest BCUT2D eigenvalue weighted by Gasteiger charge is -2.21. The summed E-state index contributed by atoms with van der Waals surface area (Å²) >= 11 is 0. The van der Waals surface area contributed by atoms with E-state index in [0.717, 1.165) is 5.56 Å². The molecule has 5 heteroatoms. The molecule has 0 atom stereocenters. The first-order valence-corrected chi connectivity index (χ1v) is 8.38. The van der Waals surface area contributed by atoms with Gasteiger partial charge < -0.3 is 5.73 Å². The maximum Gasteiger partial charge on any atom is 0.245 e. The van der Waals surface area contributed by atoms with Crippen LogP contribution in [0.15, 0.2) is 59.5 Å². The highest BCUT2D eigenvalue weighted by Gasteiger charge is 2.24. The molecule has 0 aliphatic heterocycles. The Hall–Kier alpha value is -1.85. The Morgan fingerprint density at radius 1 is 1.00 bits per heavy atom. The van der Waals surface area contributed by atoms with Crippen molar-refractivity contribution in [2.75, 3.05) is 18.8 Å². The van der Waals surface area contributed by atoms with Crippen molar-refractivity contribution >= 4 is 15.7 Å². The third-order valence-corrected chi connectivity index (χ3v) is 5.43. The third kappa shape index (κ3) is 3.62. The van der Waals surface area contributed by atoms with Crippen LogP contribution in [-0.4, -0.2) is 25.8 Å². The zero-order valence-electron chi connectivity index (χ0n) is 12.1. The maximum absolute atomic E-state index is 12.7. The monoisotopic (exact) mass is 304 g/mol. The Balaban J connectivity index is 2.19. The van der Waals surface area contributed by atoms with Gasteiger partial charge in [-0.2, -0.15) is 4.31 Å². The zero-order valence-corrected chi connectivity index (χ0v) is 12.9. The molecule has 0 aliphatic carbocycles. The van der Waals surface area contributed by atoms with Gasteiger partial charge in [0.25, 0.3) is 0 Å². The van der Waals surface area contributed by atoms with Crippen molar-refractivity contribution in [1.29, 1.82) is 0 Å². The molecule has 4 nitrogen and oxygen atoms in total. The molecule has 2 aromatic rings. The number of hydrogen-bond donors (Lipinski definition) is 1. The maximum atomic E-state index is 12.7. The molecule has 0 bridgehead atoms. The molecule has 0 fully saturated rings. The number of nitrogens with zero attached hydrogens (tertiary/aromatic N) is 1. The van der Waals surface area contributed by atoms with E-state index in [1.807, 2.05) is 37.3 Å². The first-order valence-electron chi connectivity index (χ1n) is 6.94. The third-order valence-electron chi connectivity index (χ3n) is 3.38. The van der Waals surface area contributed by atoms with E-state index in [1.54, 1.807) is 24.3 Å².